The molecule has 144 valence electrons. The number of hydrogen-bond acceptors (Lipinski definition) is 4. The minimum atomic E-state index is -3.65. The van der Waals surface area contributed by atoms with Crippen LogP contribution < -0.4 is 14.9 Å². The number of sulfonamides is 1. The van der Waals surface area contributed by atoms with E-state index < -0.39 is 10.0 Å². The maximum absolute atomic E-state index is 12.7. The Hall–Kier alpha value is -1.93. The molecule has 0 radical (unpaired) electrons. The molecule has 0 unspecified atom stereocenters. The molecule has 0 fully saturated rings. The smallest absolute Gasteiger partial charge is 0.240 e. The van der Waals surface area contributed by atoms with Crippen molar-refractivity contribution in [2.24, 2.45) is 0 Å². The summed E-state index contributed by atoms with van der Waals surface area (Å²) in [5.74, 6) is -0.0713. The Kier molecular flexibility index (Phi) is 5.58. The topological polar surface area (TPSA) is 78.5 Å². The van der Waals surface area contributed by atoms with E-state index in [2.05, 4.69) is 10.0 Å². The average Bonchev–Trinajstić information content (AvgIpc) is 3.25. The Labute approximate surface area is 165 Å². The first-order valence-electron chi connectivity index (χ1n) is 8.66. The standard InChI is InChI=1S/C19H21N3O3S.ClH/c1-13(23)22-7-6-15-4-5-18(9-19(15)22)26(24,25)21-10-14-2-3-16-11-20-12-17(16)8-14;/h2-5,8-9,20-21H,6-7,10-12H2,1H3;1H. The second kappa shape index (κ2) is 7.59. The largest absolute Gasteiger partial charge is 0.312 e. The number of benzene rings is 2. The molecule has 0 aromatic heterocycles. The summed E-state index contributed by atoms with van der Waals surface area (Å²) in [5.41, 5.74) is 5.12. The van der Waals surface area contributed by atoms with E-state index in [1.807, 2.05) is 18.2 Å². The van der Waals surface area contributed by atoms with Gasteiger partial charge in [0.25, 0.3) is 0 Å². The van der Waals surface area contributed by atoms with Crippen LogP contribution in [0.25, 0.3) is 0 Å². The molecule has 4 rings (SSSR count). The van der Waals surface area contributed by atoms with E-state index in [-0.39, 0.29) is 29.8 Å². The highest BCUT2D eigenvalue weighted by molar-refractivity contribution is 7.89. The van der Waals surface area contributed by atoms with Gasteiger partial charge in [-0.1, -0.05) is 24.3 Å². The zero-order valence-corrected chi connectivity index (χ0v) is 16.6. The van der Waals surface area contributed by atoms with Crippen molar-refractivity contribution in [3.8, 4) is 0 Å². The summed E-state index contributed by atoms with van der Waals surface area (Å²) >= 11 is 0. The molecule has 0 spiro atoms. The second-order valence-corrected chi connectivity index (χ2v) is 8.51. The Morgan fingerprint density at radius 2 is 1.85 bits per heavy atom. The Morgan fingerprint density at radius 3 is 2.63 bits per heavy atom. The van der Waals surface area contributed by atoms with Gasteiger partial charge in [0.2, 0.25) is 15.9 Å². The van der Waals surface area contributed by atoms with Gasteiger partial charge < -0.3 is 10.2 Å². The summed E-state index contributed by atoms with van der Waals surface area (Å²) in [7, 11) is -3.65. The lowest BCUT2D eigenvalue weighted by Crippen LogP contribution is -2.26. The number of anilines is 1. The highest BCUT2D eigenvalue weighted by Crippen LogP contribution is 2.30. The average molecular weight is 408 g/mol. The SMILES string of the molecule is CC(=O)N1CCc2ccc(S(=O)(=O)NCc3ccc4c(c3)CNC4)cc21.Cl. The van der Waals surface area contributed by atoms with E-state index in [9.17, 15) is 13.2 Å². The first kappa shape index (κ1) is 19.8. The van der Waals surface area contributed by atoms with E-state index >= 15 is 0 Å². The maximum atomic E-state index is 12.7. The molecular weight excluding hydrogens is 386 g/mol. The number of carbonyl (C=O) groups excluding carboxylic acids is 1. The number of amides is 1. The molecule has 2 aliphatic heterocycles. The van der Waals surface area contributed by atoms with Crippen LogP contribution in [0.4, 0.5) is 5.69 Å². The van der Waals surface area contributed by atoms with Gasteiger partial charge in [-0.25, -0.2) is 13.1 Å². The lowest BCUT2D eigenvalue weighted by Gasteiger charge is -2.16. The molecule has 0 aliphatic carbocycles. The van der Waals surface area contributed by atoms with Crippen molar-refractivity contribution in [2.75, 3.05) is 11.4 Å². The Bertz CT molecular complexity index is 992. The summed E-state index contributed by atoms with van der Waals surface area (Å²) in [6.07, 6.45) is 0.756. The van der Waals surface area contributed by atoms with Crippen LogP contribution in [-0.4, -0.2) is 20.9 Å². The first-order valence-corrected chi connectivity index (χ1v) is 10.1. The van der Waals surface area contributed by atoms with Gasteiger partial charge in [-0.15, -0.1) is 12.4 Å². The van der Waals surface area contributed by atoms with E-state index in [1.54, 1.807) is 23.1 Å². The number of carbonyl (C=O) groups is 1. The van der Waals surface area contributed by atoms with Gasteiger partial charge in [0.05, 0.1) is 4.90 Å². The van der Waals surface area contributed by atoms with Gasteiger partial charge in [0.15, 0.2) is 0 Å². The van der Waals surface area contributed by atoms with Crippen LogP contribution in [-0.2, 0) is 40.9 Å². The summed E-state index contributed by atoms with van der Waals surface area (Å²) < 4.78 is 28.0. The Balaban J connectivity index is 0.00000210. The molecule has 0 bridgehead atoms. The molecule has 8 heteroatoms. The van der Waals surface area contributed by atoms with Crippen LogP contribution in [0.1, 0.15) is 29.2 Å². The van der Waals surface area contributed by atoms with Gasteiger partial charge in [-0.3, -0.25) is 4.79 Å². The van der Waals surface area contributed by atoms with E-state index in [0.29, 0.717) is 12.2 Å². The minimum absolute atomic E-state index is 0. The predicted molar refractivity (Wildman–Crippen MR) is 106 cm³/mol. The molecule has 2 aliphatic rings. The fourth-order valence-electron chi connectivity index (χ4n) is 3.57. The minimum Gasteiger partial charge on any atom is -0.312 e. The monoisotopic (exact) mass is 407 g/mol. The van der Waals surface area contributed by atoms with Crippen LogP contribution in [0.3, 0.4) is 0 Å². The van der Waals surface area contributed by atoms with E-state index in [0.717, 1.165) is 30.6 Å². The summed E-state index contributed by atoms with van der Waals surface area (Å²) in [6, 6.07) is 11.0. The third-order valence-electron chi connectivity index (χ3n) is 5.01. The lowest BCUT2D eigenvalue weighted by molar-refractivity contribution is -0.116. The third-order valence-corrected chi connectivity index (χ3v) is 6.41. The summed E-state index contributed by atoms with van der Waals surface area (Å²) in [6.45, 7) is 4.02. The van der Waals surface area contributed by atoms with Crippen LogP contribution >= 0.6 is 12.4 Å². The van der Waals surface area contributed by atoms with Crippen molar-refractivity contribution < 1.29 is 13.2 Å². The van der Waals surface area contributed by atoms with Crippen LogP contribution in [0.15, 0.2) is 41.3 Å². The van der Waals surface area contributed by atoms with Crippen molar-refractivity contribution in [1.29, 1.82) is 0 Å². The van der Waals surface area contributed by atoms with Gasteiger partial charge in [-0.05, 0) is 40.8 Å². The molecule has 2 N–H and O–H groups in total. The van der Waals surface area contributed by atoms with Gasteiger partial charge >= 0.3 is 0 Å². The number of hydrogen-bond donors (Lipinski definition) is 2. The zero-order valence-electron chi connectivity index (χ0n) is 15.0. The molecule has 2 aromatic carbocycles. The van der Waals surface area contributed by atoms with Crippen LogP contribution in [0.5, 0.6) is 0 Å². The number of halogens is 1. The molecule has 0 saturated heterocycles. The van der Waals surface area contributed by atoms with Gasteiger partial charge in [0.1, 0.15) is 0 Å². The molecule has 27 heavy (non-hydrogen) atoms. The van der Waals surface area contributed by atoms with Crippen molar-refractivity contribution in [3.05, 3.63) is 58.7 Å². The highest BCUT2D eigenvalue weighted by Gasteiger charge is 2.25. The molecule has 6 nitrogen and oxygen atoms in total. The van der Waals surface area contributed by atoms with Crippen molar-refractivity contribution in [2.45, 2.75) is 37.9 Å². The fourth-order valence-corrected chi connectivity index (χ4v) is 4.61. The molecule has 0 saturated carbocycles. The molecule has 2 heterocycles. The first-order chi connectivity index (χ1) is 12.4. The normalized spacial score (nSPS) is 15.2. The second-order valence-electron chi connectivity index (χ2n) is 6.74. The van der Waals surface area contributed by atoms with Gasteiger partial charge in [0, 0.05) is 38.8 Å². The van der Waals surface area contributed by atoms with Crippen molar-refractivity contribution in [3.63, 3.8) is 0 Å². The molecular formula is C19H22ClN3O3S. The molecule has 2 aromatic rings. The maximum Gasteiger partial charge on any atom is 0.240 e. The number of fused-ring (bicyclic) bond motifs is 2. The zero-order chi connectivity index (χ0) is 18.3. The van der Waals surface area contributed by atoms with Crippen molar-refractivity contribution in [1.82, 2.24) is 10.0 Å². The third kappa shape index (κ3) is 3.87. The number of rotatable bonds is 4. The number of nitrogens with zero attached hydrogens (tertiary/aromatic N) is 1. The number of nitrogens with one attached hydrogen (secondary N) is 2. The van der Waals surface area contributed by atoms with E-state index in [1.165, 1.54) is 18.1 Å². The molecule has 1 amide bonds. The highest BCUT2D eigenvalue weighted by atomic mass is 35.5. The summed E-state index contributed by atoms with van der Waals surface area (Å²) in [4.78, 5) is 13.5. The van der Waals surface area contributed by atoms with E-state index in [4.69, 9.17) is 0 Å². The van der Waals surface area contributed by atoms with Gasteiger partial charge in [-0.2, -0.15) is 0 Å². The quantitative estimate of drug-likeness (QED) is 0.813. The van der Waals surface area contributed by atoms with Crippen molar-refractivity contribution >= 4 is 34.0 Å². The van der Waals surface area contributed by atoms with Crippen LogP contribution in [0, 0.1) is 0 Å². The molecule has 0 atom stereocenters. The summed E-state index contributed by atoms with van der Waals surface area (Å²) in [5, 5.41) is 3.28. The van der Waals surface area contributed by atoms with Crippen LogP contribution in [0.2, 0.25) is 0 Å². The predicted octanol–water partition coefficient (Wildman–Crippen LogP) is 2.10. The Morgan fingerprint density at radius 1 is 1.11 bits per heavy atom. The lowest BCUT2D eigenvalue weighted by atomic mass is 10.1. The fraction of sp³-hybridized carbons (Fsp3) is 0.316.